The number of anilines is 1. The number of aromatic carboxylic acids is 1. The topological polar surface area (TPSA) is 346 Å². The largest absolute Gasteiger partial charge is 0.778 e. The summed E-state index contributed by atoms with van der Waals surface area (Å²) in [7, 11) is -4.57. The quantitative estimate of drug-likeness (QED) is 0.0420. The van der Waals surface area contributed by atoms with E-state index in [-0.39, 0.29) is 52.3 Å². The van der Waals surface area contributed by atoms with Gasteiger partial charge in [-0.25, -0.2) is 14.3 Å². The number of carboxylic acids is 2. The minimum Gasteiger partial charge on any atom is -0.778 e. The van der Waals surface area contributed by atoms with Crippen LogP contribution in [0.25, 0.3) is 0 Å². The van der Waals surface area contributed by atoms with Crippen molar-refractivity contribution in [3.05, 3.63) is 73.9 Å². The number of carbonyl (C=O) groups excluding carboxylic acids is 1. The Balaban J connectivity index is 0.000000507. The van der Waals surface area contributed by atoms with Gasteiger partial charge in [0.15, 0.2) is 10.2 Å². The third-order valence-electron chi connectivity index (χ3n) is 6.47. The highest BCUT2D eigenvalue weighted by atomic mass is 35.5. The van der Waals surface area contributed by atoms with Gasteiger partial charge < -0.3 is 43.5 Å². The average Bonchev–Trinajstić information content (AvgIpc) is 3.48. The number of nitro groups is 1. The van der Waals surface area contributed by atoms with Gasteiger partial charge in [0.25, 0.3) is 10.0 Å². The van der Waals surface area contributed by atoms with Gasteiger partial charge in [-0.15, -0.1) is 0 Å². The molecule has 32 heteroatoms. The number of ether oxygens (including phenoxy) is 4. The highest BCUT2D eigenvalue weighted by Gasteiger charge is 2.33. The SMILES string of the molecule is CCOc1cc(Oc2ccc(C(F)(F)F)cc2Cl)ccc1[N+](=O)[O-].COc1cc(OC)nc(NC(=O)NS(=O)(=O)c2c(C(=O)O)c(Cl)nn2C)n1.C[S+](C)C.O=C(O)CNCP(=O)([O-])O. The van der Waals surface area contributed by atoms with E-state index in [4.69, 9.17) is 57.3 Å². The van der Waals surface area contributed by atoms with Crippen molar-refractivity contribution in [1.29, 1.82) is 0 Å². The minimum absolute atomic E-state index is 0.0111. The number of hydrogen-bond acceptors (Lipinski definition) is 17. The lowest BCUT2D eigenvalue weighted by Crippen LogP contribution is -2.36. The van der Waals surface area contributed by atoms with E-state index in [2.05, 4.69) is 39.2 Å². The second kappa shape index (κ2) is 25.7. The van der Waals surface area contributed by atoms with Gasteiger partial charge in [-0.1, -0.05) is 23.2 Å². The number of nitro benzene ring substituents is 1. The number of aryl methyl sites for hydroxylation is 1. The molecular weight excluding hydrogens is 987 g/mol. The predicted molar refractivity (Wildman–Crippen MR) is 226 cm³/mol. The van der Waals surface area contributed by atoms with Crippen LogP contribution >= 0.6 is 30.8 Å². The van der Waals surface area contributed by atoms with Crippen molar-refractivity contribution in [1.82, 2.24) is 29.8 Å². The zero-order valence-corrected chi connectivity index (χ0v) is 38.7. The maximum atomic E-state index is 12.6. The molecular formula is C33H40Cl2F3N8O16PS2. The Labute approximate surface area is 380 Å². The van der Waals surface area contributed by atoms with E-state index in [1.807, 2.05) is 5.32 Å². The molecule has 0 saturated heterocycles. The van der Waals surface area contributed by atoms with Crippen LogP contribution in [0.2, 0.25) is 10.2 Å². The summed E-state index contributed by atoms with van der Waals surface area (Å²) in [5, 5.41) is 34.0. The van der Waals surface area contributed by atoms with Crippen LogP contribution in [0.1, 0.15) is 22.8 Å². The zero-order valence-electron chi connectivity index (χ0n) is 34.7. The van der Waals surface area contributed by atoms with Crippen LogP contribution < -0.4 is 39.2 Å². The molecule has 4 rings (SSSR count). The number of rotatable bonds is 15. The molecule has 2 amide bonds. The first kappa shape index (κ1) is 57.3. The number of alkyl halides is 3. The normalized spacial score (nSPS) is 11.7. The Kier molecular flexibility index (Phi) is 22.7. The van der Waals surface area contributed by atoms with Gasteiger partial charge in [0.1, 0.15) is 24.7 Å². The van der Waals surface area contributed by atoms with E-state index >= 15 is 0 Å². The maximum Gasteiger partial charge on any atom is 0.416 e. The van der Waals surface area contributed by atoms with Crippen LogP contribution in [0, 0.1) is 10.1 Å². The van der Waals surface area contributed by atoms with E-state index in [1.54, 1.807) is 11.6 Å². The van der Waals surface area contributed by atoms with Crippen LogP contribution in [-0.4, -0.2) is 119 Å². The first-order valence-corrected chi connectivity index (χ1v) is 23.6. The number of methoxy groups -OCH3 is 2. The second-order valence-electron chi connectivity index (χ2n) is 12.1. The lowest BCUT2D eigenvalue weighted by Gasteiger charge is -2.14. The van der Waals surface area contributed by atoms with Crippen molar-refractivity contribution in [2.45, 2.75) is 18.1 Å². The molecule has 0 aliphatic heterocycles. The summed E-state index contributed by atoms with van der Waals surface area (Å²) in [5.41, 5.74) is -1.93. The Bertz CT molecular complexity index is 2440. The van der Waals surface area contributed by atoms with Crippen molar-refractivity contribution in [2.75, 3.05) is 57.7 Å². The number of aromatic nitrogens is 4. The third kappa shape index (κ3) is 20.4. The molecule has 4 aromatic rings. The molecule has 0 aliphatic rings. The van der Waals surface area contributed by atoms with E-state index in [1.165, 1.54) is 38.5 Å². The fourth-order valence-corrected chi connectivity index (χ4v) is 6.29. The fraction of sp³-hybridized carbons (Fsp3) is 0.333. The van der Waals surface area contributed by atoms with Gasteiger partial charge in [-0.05, 0) is 42.1 Å². The predicted octanol–water partition coefficient (Wildman–Crippen LogP) is 4.21. The Morgan fingerprint density at radius 2 is 1.57 bits per heavy atom. The van der Waals surface area contributed by atoms with Crippen molar-refractivity contribution < 1.29 is 84.4 Å². The van der Waals surface area contributed by atoms with Gasteiger partial charge in [-0.3, -0.25) is 30.2 Å². The number of nitrogens with one attached hydrogen (secondary N) is 3. The Hall–Kier alpha value is -5.68. The number of nitrogens with zero attached hydrogens (tertiary/aromatic N) is 5. The molecule has 2 aromatic carbocycles. The summed E-state index contributed by atoms with van der Waals surface area (Å²) in [5.74, 6) is -2.91. The molecule has 0 radical (unpaired) electrons. The summed E-state index contributed by atoms with van der Waals surface area (Å²) in [6.07, 6.45) is 1.36. The molecule has 0 fully saturated rings. The minimum atomic E-state index is -4.64. The van der Waals surface area contributed by atoms with E-state index in [9.17, 15) is 55.5 Å². The fourth-order valence-electron chi connectivity index (χ4n) is 4.10. The molecule has 0 spiro atoms. The van der Waals surface area contributed by atoms with Crippen molar-refractivity contribution in [3.63, 3.8) is 0 Å². The molecule has 1 atom stereocenters. The van der Waals surface area contributed by atoms with Crippen molar-refractivity contribution >= 4 is 81.3 Å². The average molecular weight is 1030 g/mol. The second-order valence-corrected chi connectivity index (χ2v) is 18.5. The number of sulfonamides is 1. The van der Waals surface area contributed by atoms with Gasteiger partial charge in [0, 0.05) is 19.2 Å². The monoisotopic (exact) mass is 1030 g/mol. The number of carboxylic acid groups (broad SMARTS) is 2. The number of hydrogen-bond donors (Lipinski definition) is 6. The van der Waals surface area contributed by atoms with Gasteiger partial charge in [0.05, 0.1) is 74.0 Å². The molecule has 65 heavy (non-hydrogen) atoms. The number of amides is 2. The molecule has 6 N–H and O–H groups in total. The Morgan fingerprint density at radius 3 is 2.02 bits per heavy atom. The van der Waals surface area contributed by atoms with Gasteiger partial charge >= 0.3 is 29.8 Å². The summed E-state index contributed by atoms with van der Waals surface area (Å²) >= 11 is 11.4. The number of benzene rings is 2. The van der Waals surface area contributed by atoms with Crippen molar-refractivity contribution in [3.8, 4) is 29.0 Å². The smallest absolute Gasteiger partial charge is 0.416 e. The highest BCUT2D eigenvalue weighted by molar-refractivity contribution is 7.94. The van der Waals surface area contributed by atoms with Crippen LogP contribution in [0.5, 0.6) is 29.0 Å². The number of aliphatic carboxylic acids is 1. The number of urea groups is 1. The van der Waals surface area contributed by atoms with Crippen LogP contribution in [0.3, 0.4) is 0 Å². The van der Waals surface area contributed by atoms with Crippen LogP contribution in [0.15, 0.2) is 47.5 Å². The van der Waals surface area contributed by atoms with E-state index < -0.39 is 80.8 Å². The van der Waals surface area contributed by atoms with Crippen LogP contribution in [-0.2, 0) is 43.5 Å². The van der Waals surface area contributed by atoms with Crippen LogP contribution in [0.4, 0.5) is 29.6 Å². The molecule has 24 nitrogen and oxygen atoms in total. The Morgan fingerprint density at radius 1 is 1.00 bits per heavy atom. The molecule has 0 bridgehead atoms. The van der Waals surface area contributed by atoms with E-state index in [0.29, 0.717) is 15.6 Å². The van der Waals surface area contributed by atoms with Gasteiger partial charge in [-0.2, -0.15) is 36.7 Å². The summed E-state index contributed by atoms with van der Waals surface area (Å²) < 4.78 is 95.2. The maximum absolute atomic E-state index is 12.6. The lowest BCUT2D eigenvalue weighted by molar-refractivity contribution is -0.385. The standard InChI is InChI=1S/C15H11ClF3NO4.C12H13ClN6O7S.C3H8NO5P.C3H9S/c1-2-23-14-8-10(4-5-12(14)20(21)22)24-13-6-3-9(7-11(13)16)15(17,18)19;1-19-9(7(10(20)21)8(13)17-19)27(23,24)18-12(22)16-11-14-5(25-2)4-6(15-11)26-3;5-3(6)1-4-2-10(7,8)9;1-4(2)3/h3-8H,2H2,1H3;4H,1-3H3,(H,20,21)(H2,14,15,16,18,22);4H,1-2H2,(H,5,6)(H2,7,8,9);1-3H3/q;;;+1/p-1. The number of halogens is 5. The lowest BCUT2D eigenvalue weighted by atomic mass is 10.2. The third-order valence-corrected chi connectivity index (χ3v) is 9.09. The zero-order chi connectivity index (χ0) is 50.0. The molecule has 2 aromatic heterocycles. The van der Waals surface area contributed by atoms with Crippen molar-refractivity contribution in [2.24, 2.45) is 7.05 Å². The van der Waals surface area contributed by atoms with Gasteiger partial charge in [0.2, 0.25) is 23.5 Å². The first-order chi connectivity index (χ1) is 30.0. The summed E-state index contributed by atoms with van der Waals surface area (Å²) in [4.78, 5) is 68.9. The number of carbonyl (C=O) groups is 3. The molecule has 360 valence electrons. The molecule has 1 unspecified atom stereocenters. The first-order valence-electron chi connectivity index (χ1n) is 17.1. The summed E-state index contributed by atoms with van der Waals surface area (Å²) in [6, 6.07) is 6.47. The summed E-state index contributed by atoms with van der Waals surface area (Å²) in [6.45, 7) is 1.38. The van der Waals surface area contributed by atoms with E-state index in [0.717, 1.165) is 25.2 Å². The highest BCUT2D eigenvalue weighted by Crippen LogP contribution is 2.38. The molecule has 0 aliphatic carbocycles. The molecule has 0 saturated carbocycles. The molecule has 2 heterocycles.